The predicted octanol–water partition coefficient (Wildman–Crippen LogP) is 3.50. The van der Waals surface area contributed by atoms with Gasteiger partial charge in [0.1, 0.15) is 5.82 Å². The van der Waals surface area contributed by atoms with Crippen molar-refractivity contribution in [2.75, 3.05) is 13.1 Å². The molecule has 20 heavy (non-hydrogen) atoms. The van der Waals surface area contributed by atoms with Crippen LogP contribution in [-0.4, -0.2) is 24.0 Å². The number of urea groups is 1. The first-order valence-electron chi connectivity index (χ1n) is 7.22. The minimum atomic E-state index is -0.719. The summed E-state index contributed by atoms with van der Waals surface area (Å²) < 4.78 is 13.9. The Morgan fingerprint density at radius 1 is 1.40 bits per heavy atom. The van der Waals surface area contributed by atoms with Crippen LogP contribution in [0.1, 0.15) is 39.2 Å². The summed E-state index contributed by atoms with van der Waals surface area (Å²) in [5.74, 6) is 0.246. The number of carbonyl (C=O) groups is 1. The molecule has 2 rings (SSSR count). The number of amides is 2. The summed E-state index contributed by atoms with van der Waals surface area (Å²) in [6.45, 7) is 7.37. The minimum Gasteiger partial charge on any atom is -0.329 e. The molecule has 1 aliphatic rings. The van der Waals surface area contributed by atoms with Crippen LogP contribution in [-0.2, 0) is 5.54 Å². The van der Waals surface area contributed by atoms with E-state index in [0.717, 1.165) is 19.5 Å². The Morgan fingerprint density at radius 3 is 2.75 bits per heavy atom. The highest BCUT2D eigenvalue weighted by atomic mass is 19.1. The van der Waals surface area contributed by atoms with Crippen molar-refractivity contribution in [3.63, 3.8) is 0 Å². The maximum atomic E-state index is 13.9. The Balaban J connectivity index is 2.08. The summed E-state index contributed by atoms with van der Waals surface area (Å²) in [4.78, 5) is 14.2. The topological polar surface area (TPSA) is 32.3 Å². The first-order chi connectivity index (χ1) is 9.40. The van der Waals surface area contributed by atoms with Crippen LogP contribution in [0.3, 0.4) is 0 Å². The molecule has 1 atom stereocenters. The van der Waals surface area contributed by atoms with Gasteiger partial charge in [0.2, 0.25) is 0 Å². The molecular weight excluding hydrogens is 255 g/mol. The van der Waals surface area contributed by atoms with Gasteiger partial charge < -0.3 is 10.2 Å². The Labute approximate surface area is 120 Å². The van der Waals surface area contributed by atoms with E-state index in [1.807, 2.05) is 18.7 Å². The second-order valence-corrected chi connectivity index (χ2v) is 6.23. The summed E-state index contributed by atoms with van der Waals surface area (Å²) in [5.41, 5.74) is -0.207. The van der Waals surface area contributed by atoms with Crippen LogP contribution in [0.15, 0.2) is 24.3 Å². The number of halogens is 1. The summed E-state index contributed by atoms with van der Waals surface area (Å²) in [5, 5.41) is 2.95. The van der Waals surface area contributed by atoms with Crippen LogP contribution < -0.4 is 5.32 Å². The standard InChI is InChI=1S/C16H23FN2O/c1-12-7-6-10-19(11-12)15(20)18-16(2,3)13-8-4-5-9-14(13)17/h4-5,8-9,12H,6-7,10-11H2,1-3H3,(H,18,20). The average molecular weight is 278 g/mol. The van der Waals surface area contributed by atoms with Crippen molar-refractivity contribution in [1.82, 2.24) is 10.2 Å². The molecule has 0 bridgehead atoms. The maximum absolute atomic E-state index is 13.9. The van der Waals surface area contributed by atoms with Crippen LogP contribution in [0.5, 0.6) is 0 Å². The fourth-order valence-corrected chi connectivity index (χ4v) is 2.76. The number of likely N-dealkylation sites (tertiary alicyclic amines) is 1. The number of nitrogens with zero attached hydrogens (tertiary/aromatic N) is 1. The molecule has 1 heterocycles. The fraction of sp³-hybridized carbons (Fsp3) is 0.562. The Hall–Kier alpha value is -1.58. The van der Waals surface area contributed by atoms with Crippen molar-refractivity contribution in [2.24, 2.45) is 5.92 Å². The van der Waals surface area contributed by atoms with Crippen LogP contribution in [0.2, 0.25) is 0 Å². The first kappa shape index (κ1) is 14.8. The van der Waals surface area contributed by atoms with E-state index in [1.54, 1.807) is 18.2 Å². The number of rotatable bonds is 2. The Morgan fingerprint density at radius 2 is 2.10 bits per heavy atom. The van der Waals surface area contributed by atoms with Gasteiger partial charge in [-0.1, -0.05) is 25.1 Å². The lowest BCUT2D eigenvalue weighted by atomic mass is 9.93. The van der Waals surface area contributed by atoms with Crippen LogP contribution in [0, 0.1) is 11.7 Å². The number of hydrogen-bond donors (Lipinski definition) is 1. The second kappa shape index (κ2) is 5.81. The number of hydrogen-bond acceptors (Lipinski definition) is 1. The van der Waals surface area contributed by atoms with Crippen LogP contribution >= 0.6 is 0 Å². The summed E-state index contributed by atoms with van der Waals surface area (Å²) in [6, 6.07) is 6.48. The van der Waals surface area contributed by atoms with Crippen LogP contribution in [0.4, 0.5) is 9.18 Å². The normalized spacial score (nSPS) is 19.8. The molecule has 3 nitrogen and oxygen atoms in total. The number of benzene rings is 1. The smallest absolute Gasteiger partial charge is 0.318 e. The van der Waals surface area contributed by atoms with E-state index >= 15 is 0 Å². The largest absolute Gasteiger partial charge is 0.329 e. The third-order valence-corrected chi connectivity index (χ3v) is 3.91. The quantitative estimate of drug-likeness (QED) is 0.882. The molecule has 1 saturated heterocycles. The van der Waals surface area contributed by atoms with Gasteiger partial charge in [-0.25, -0.2) is 9.18 Å². The van der Waals surface area contributed by atoms with Gasteiger partial charge in [-0.2, -0.15) is 0 Å². The van der Waals surface area contributed by atoms with E-state index in [-0.39, 0.29) is 11.8 Å². The average Bonchev–Trinajstić information content (AvgIpc) is 2.38. The van der Waals surface area contributed by atoms with E-state index in [4.69, 9.17) is 0 Å². The van der Waals surface area contributed by atoms with Crippen molar-refractivity contribution < 1.29 is 9.18 Å². The third-order valence-electron chi connectivity index (χ3n) is 3.91. The summed E-state index contributed by atoms with van der Waals surface area (Å²) >= 11 is 0. The molecule has 1 aliphatic heterocycles. The molecule has 1 unspecified atom stereocenters. The molecule has 1 aromatic rings. The zero-order valence-electron chi connectivity index (χ0n) is 12.4. The van der Waals surface area contributed by atoms with Gasteiger partial charge in [-0.05, 0) is 38.7 Å². The van der Waals surface area contributed by atoms with Crippen LogP contribution in [0.25, 0.3) is 0 Å². The van der Waals surface area contributed by atoms with Crippen molar-refractivity contribution in [2.45, 2.75) is 39.2 Å². The van der Waals surface area contributed by atoms with E-state index in [9.17, 15) is 9.18 Å². The van der Waals surface area contributed by atoms with Gasteiger partial charge in [0.25, 0.3) is 0 Å². The van der Waals surface area contributed by atoms with Gasteiger partial charge in [0.05, 0.1) is 5.54 Å². The van der Waals surface area contributed by atoms with Crippen molar-refractivity contribution in [3.8, 4) is 0 Å². The molecule has 2 amide bonds. The molecule has 0 spiro atoms. The molecule has 1 fully saturated rings. The minimum absolute atomic E-state index is 0.107. The lowest BCUT2D eigenvalue weighted by molar-refractivity contribution is 0.160. The molecular formula is C16H23FN2O. The summed E-state index contributed by atoms with van der Waals surface area (Å²) in [6.07, 6.45) is 2.20. The highest BCUT2D eigenvalue weighted by molar-refractivity contribution is 5.75. The SMILES string of the molecule is CC1CCCN(C(=O)NC(C)(C)c2ccccc2F)C1. The molecule has 0 aliphatic carbocycles. The molecule has 1 N–H and O–H groups in total. The van der Waals surface area contributed by atoms with Crippen molar-refractivity contribution in [1.29, 1.82) is 0 Å². The summed E-state index contributed by atoms with van der Waals surface area (Å²) in [7, 11) is 0. The maximum Gasteiger partial charge on any atom is 0.318 e. The molecule has 110 valence electrons. The van der Waals surface area contributed by atoms with Gasteiger partial charge in [-0.15, -0.1) is 0 Å². The molecule has 0 radical (unpaired) electrons. The number of nitrogens with one attached hydrogen (secondary N) is 1. The molecule has 4 heteroatoms. The zero-order valence-corrected chi connectivity index (χ0v) is 12.4. The van der Waals surface area contributed by atoms with Gasteiger partial charge >= 0.3 is 6.03 Å². The number of piperidine rings is 1. The lowest BCUT2D eigenvalue weighted by Crippen LogP contribution is -2.51. The fourth-order valence-electron chi connectivity index (χ4n) is 2.76. The van der Waals surface area contributed by atoms with E-state index in [1.165, 1.54) is 12.5 Å². The highest BCUT2D eigenvalue weighted by Gasteiger charge is 2.29. The second-order valence-electron chi connectivity index (χ2n) is 6.23. The van der Waals surface area contributed by atoms with E-state index < -0.39 is 5.54 Å². The predicted molar refractivity (Wildman–Crippen MR) is 77.9 cm³/mol. The Bertz CT molecular complexity index is 487. The van der Waals surface area contributed by atoms with Crippen molar-refractivity contribution >= 4 is 6.03 Å². The van der Waals surface area contributed by atoms with Gasteiger partial charge in [-0.3, -0.25) is 0 Å². The monoisotopic (exact) mass is 278 g/mol. The van der Waals surface area contributed by atoms with Gasteiger partial charge in [0.15, 0.2) is 0 Å². The molecule has 1 aromatic carbocycles. The highest BCUT2D eigenvalue weighted by Crippen LogP contribution is 2.24. The molecule has 0 saturated carbocycles. The third kappa shape index (κ3) is 3.30. The van der Waals surface area contributed by atoms with Crippen molar-refractivity contribution in [3.05, 3.63) is 35.6 Å². The lowest BCUT2D eigenvalue weighted by Gasteiger charge is -2.35. The van der Waals surface area contributed by atoms with E-state index in [0.29, 0.717) is 11.5 Å². The number of carbonyl (C=O) groups excluding carboxylic acids is 1. The first-order valence-corrected chi connectivity index (χ1v) is 7.22. The molecule has 0 aromatic heterocycles. The zero-order chi connectivity index (χ0) is 14.8. The Kier molecular flexibility index (Phi) is 4.31. The van der Waals surface area contributed by atoms with Gasteiger partial charge in [0, 0.05) is 18.7 Å². The van der Waals surface area contributed by atoms with E-state index in [2.05, 4.69) is 12.2 Å².